The fourth-order valence-corrected chi connectivity index (χ4v) is 3.21. The Balaban J connectivity index is 0.00000192. The third kappa shape index (κ3) is 3.50. The second kappa shape index (κ2) is 7.04. The molecule has 1 aliphatic rings. The number of rotatable bonds is 3. The summed E-state index contributed by atoms with van der Waals surface area (Å²) in [5, 5.41) is 7.50. The number of anilines is 1. The van der Waals surface area contributed by atoms with Crippen LogP contribution < -0.4 is 11.1 Å². The molecule has 1 heterocycles. The number of nitrogens with one attached hydrogen (secondary N) is 1. The lowest BCUT2D eigenvalue weighted by Gasteiger charge is -2.26. The highest BCUT2D eigenvalue weighted by Crippen LogP contribution is 2.31. The molecule has 0 saturated heterocycles. The summed E-state index contributed by atoms with van der Waals surface area (Å²) in [5.41, 5.74) is 10.6. The topological polar surface area (TPSA) is 72.9 Å². The summed E-state index contributed by atoms with van der Waals surface area (Å²) < 4.78 is 1.70. The number of carbonyl (C=O) groups excluding carboxylic acids is 1. The minimum atomic E-state index is -0.0420. The van der Waals surface area contributed by atoms with Gasteiger partial charge in [-0.05, 0) is 48.9 Å². The van der Waals surface area contributed by atoms with E-state index in [9.17, 15) is 4.79 Å². The molecule has 5 nitrogen and oxygen atoms in total. The van der Waals surface area contributed by atoms with Gasteiger partial charge in [-0.25, -0.2) is 0 Å². The minimum Gasteiger partial charge on any atom is -0.399 e. The number of halogens is 1. The second-order valence-electron chi connectivity index (χ2n) is 5.89. The van der Waals surface area contributed by atoms with Crippen LogP contribution in [0.25, 0.3) is 0 Å². The van der Waals surface area contributed by atoms with Crippen molar-refractivity contribution in [3.63, 3.8) is 0 Å². The summed E-state index contributed by atoms with van der Waals surface area (Å²) in [6.45, 7) is 2.01. The molecule has 3 rings (SSSR count). The van der Waals surface area contributed by atoms with Crippen molar-refractivity contribution in [2.24, 2.45) is 7.05 Å². The number of nitrogens with two attached hydrogens (primary N) is 1. The van der Waals surface area contributed by atoms with E-state index in [1.165, 1.54) is 11.1 Å². The Morgan fingerprint density at radius 3 is 3.00 bits per heavy atom. The standard InChI is InChI=1S/C17H22N4O.ClH/c1-3-15-14(10-21(2)20-15)17(22)19-16-6-4-5-11-9-12(18)7-8-13(11)16;/h7-10,16H,3-6,18H2,1-2H3,(H,19,22);1H. The first-order valence-electron chi connectivity index (χ1n) is 7.80. The van der Waals surface area contributed by atoms with Crippen molar-refractivity contribution in [3.8, 4) is 0 Å². The van der Waals surface area contributed by atoms with Crippen molar-refractivity contribution in [3.05, 3.63) is 46.8 Å². The number of nitrogens with zero attached hydrogens (tertiary/aromatic N) is 2. The van der Waals surface area contributed by atoms with Crippen LogP contribution >= 0.6 is 12.4 Å². The number of hydrogen-bond donors (Lipinski definition) is 2. The average molecular weight is 335 g/mol. The van der Waals surface area contributed by atoms with E-state index in [1.54, 1.807) is 10.9 Å². The van der Waals surface area contributed by atoms with E-state index >= 15 is 0 Å². The van der Waals surface area contributed by atoms with Gasteiger partial charge in [-0.15, -0.1) is 12.4 Å². The van der Waals surface area contributed by atoms with Gasteiger partial charge >= 0.3 is 0 Å². The van der Waals surface area contributed by atoms with Gasteiger partial charge in [0.2, 0.25) is 0 Å². The number of nitrogen functional groups attached to an aromatic ring is 1. The van der Waals surface area contributed by atoms with E-state index in [4.69, 9.17) is 5.73 Å². The van der Waals surface area contributed by atoms with Gasteiger partial charge in [0.1, 0.15) is 0 Å². The summed E-state index contributed by atoms with van der Waals surface area (Å²) in [5.74, 6) is -0.0420. The van der Waals surface area contributed by atoms with Crippen molar-refractivity contribution in [1.29, 1.82) is 0 Å². The van der Waals surface area contributed by atoms with Crippen molar-refractivity contribution >= 4 is 24.0 Å². The molecule has 6 heteroatoms. The first-order valence-corrected chi connectivity index (χ1v) is 7.80. The first-order chi connectivity index (χ1) is 10.6. The summed E-state index contributed by atoms with van der Waals surface area (Å²) in [6.07, 6.45) is 5.60. The Hall–Kier alpha value is -2.01. The van der Waals surface area contributed by atoms with E-state index in [-0.39, 0.29) is 24.4 Å². The van der Waals surface area contributed by atoms with Crippen LogP contribution in [0.3, 0.4) is 0 Å². The molecular weight excluding hydrogens is 312 g/mol. The lowest BCUT2D eigenvalue weighted by molar-refractivity contribution is 0.0932. The Morgan fingerprint density at radius 1 is 1.48 bits per heavy atom. The quantitative estimate of drug-likeness (QED) is 0.848. The van der Waals surface area contributed by atoms with Crippen molar-refractivity contribution in [2.75, 3.05) is 5.73 Å². The van der Waals surface area contributed by atoms with Crippen LogP contribution in [0, 0.1) is 0 Å². The third-order valence-corrected chi connectivity index (χ3v) is 4.27. The fraction of sp³-hybridized carbons (Fsp3) is 0.412. The number of benzene rings is 1. The largest absolute Gasteiger partial charge is 0.399 e. The Labute approximate surface area is 142 Å². The van der Waals surface area contributed by atoms with Crippen molar-refractivity contribution in [1.82, 2.24) is 15.1 Å². The number of aromatic nitrogens is 2. The summed E-state index contributed by atoms with van der Waals surface area (Å²) in [4.78, 5) is 12.6. The monoisotopic (exact) mass is 334 g/mol. The molecule has 23 heavy (non-hydrogen) atoms. The molecule has 1 atom stereocenters. The van der Waals surface area contributed by atoms with Gasteiger partial charge < -0.3 is 11.1 Å². The zero-order valence-electron chi connectivity index (χ0n) is 13.5. The van der Waals surface area contributed by atoms with E-state index in [2.05, 4.69) is 10.4 Å². The van der Waals surface area contributed by atoms with E-state index in [0.717, 1.165) is 37.1 Å². The average Bonchev–Trinajstić information content (AvgIpc) is 2.88. The molecule has 3 N–H and O–H groups in total. The van der Waals surface area contributed by atoms with Gasteiger partial charge in [-0.1, -0.05) is 13.0 Å². The van der Waals surface area contributed by atoms with Crippen molar-refractivity contribution < 1.29 is 4.79 Å². The molecule has 0 bridgehead atoms. The van der Waals surface area contributed by atoms with E-state index < -0.39 is 0 Å². The van der Waals surface area contributed by atoms with Crippen LogP contribution in [-0.2, 0) is 19.9 Å². The SMILES string of the molecule is CCc1nn(C)cc1C(=O)NC1CCCc2cc(N)ccc21.Cl. The maximum Gasteiger partial charge on any atom is 0.255 e. The highest BCUT2D eigenvalue weighted by atomic mass is 35.5. The molecule has 1 aliphatic carbocycles. The van der Waals surface area contributed by atoms with Crippen molar-refractivity contribution in [2.45, 2.75) is 38.6 Å². The predicted molar refractivity (Wildman–Crippen MR) is 93.8 cm³/mol. The molecule has 1 aromatic heterocycles. The highest BCUT2D eigenvalue weighted by molar-refractivity contribution is 5.95. The number of fused-ring (bicyclic) bond motifs is 1. The zero-order valence-corrected chi connectivity index (χ0v) is 14.3. The fourth-order valence-electron chi connectivity index (χ4n) is 3.21. The Kier molecular flexibility index (Phi) is 5.31. The maximum atomic E-state index is 12.6. The molecule has 1 amide bonds. The lowest BCUT2D eigenvalue weighted by atomic mass is 9.87. The normalized spacial score (nSPS) is 16.3. The van der Waals surface area contributed by atoms with E-state index in [0.29, 0.717) is 5.56 Å². The maximum absolute atomic E-state index is 12.6. The van der Waals surface area contributed by atoms with Gasteiger partial charge in [0.15, 0.2) is 0 Å². The van der Waals surface area contributed by atoms with Gasteiger partial charge in [0.25, 0.3) is 5.91 Å². The third-order valence-electron chi connectivity index (χ3n) is 4.27. The van der Waals surface area contributed by atoms with E-state index in [1.807, 2.05) is 32.2 Å². The zero-order chi connectivity index (χ0) is 15.7. The molecule has 1 unspecified atom stereocenters. The van der Waals surface area contributed by atoms with Crippen LogP contribution in [0.2, 0.25) is 0 Å². The first kappa shape index (κ1) is 17.3. The lowest BCUT2D eigenvalue weighted by Crippen LogP contribution is -2.31. The molecule has 2 aromatic rings. The van der Waals surface area contributed by atoms with Crippen LogP contribution in [-0.4, -0.2) is 15.7 Å². The minimum absolute atomic E-state index is 0. The molecule has 0 spiro atoms. The number of amides is 1. The highest BCUT2D eigenvalue weighted by Gasteiger charge is 2.24. The van der Waals surface area contributed by atoms with Crippen LogP contribution in [0.1, 0.15) is 53.0 Å². The number of aryl methyl sites for hydroxylation is 3. The van der Waals surface area contributed by atoms with Gasteiger partial charge in [0, 0.05) is 18.9 Å². The van der Waals surface area contributed by atoms with Crippen LogP contribution in [0.5, 0.6) is 0 Å². The van der Waals surface area contributed by atoms with Crippen LogP contribution in [0.4, 0.5) is 5.69 Å². The number of hydrogen-bond acceptors (Lipinski definition) is 3. The summed E-state index contributed by atoms with van der Waals surface area (Å²) in [6, 6.07) is 6.03. The van der Waals surface area contributed by atoms with Gasteiger partial charge in [-0.2, -0.15) is 5.10 Å². The Bertz CT molecular complexity index is 711. The molecular formula is C17H23ClN4O. The molecule has 124 valence electrons. The Morgan fingerprint density at radius 2 is 2.26 bits per heavy atom. The predicted octanol–water partition coefficient (Wildman–Crippen LogP) is 2.79. The summed E-state index contributed by atoms with van der Waals surface area (Å²) >= 11 is 0. The smallest absolute Gasteiger partial charge is 0.255 e. The second-order valence-corrected chi connectivity index (χ2v) is 5.89. The molecule has 0 radical (unpaired) electrons. The summed E-state index contributed by atoms with van der Waals surface area (Å²) in [7, 11) is 1.84. The van der Waals surface area contributed by atoms with Gasteiger partial charge in [0.05, 0.1) is 17.3 Å². The van der Waals surface area contributed by atoms with Gasteiger partial charge in [-0.3, -0.25) is 9.48 Å². The number of carbonyl (C=O) groups is 1. The molecule has 1 aromatic carbocycles. The molecule has 0 aliphatic heterocycles. The molecule has 0 saturated carbocycles. The van der Waals surface area contributed by atoms with Crippen LogP contribution in [0.15, 0.2) is 24.4 Å². The molecule has 0 fully saturated rings.